The molecule has 2 aromatic heterocycles. The van der Waals surface area contributed by atoms with Crippen molar-refractivity contribution in [3.05, 3.63) is 126 Å². The van der Waals surface area contributed by atoms with Crippen LogP contribution < -0.4 is 0 Å². The molecule has 0 spiro atoms. The van der Waals surface area contributed by atoms with Gasteiger partial charge in [0.05, 0.1) is 11.0 Å². The number of aromatic nitrogens is 1. The molecule has 0 aliphatic carbocycles. The molecule has 0 radical (unpaired) electrons. The van der Waals surface area contributed by atoms with E-state index < -0.39 is 0 Å². The molecule has 0 saturated heterocycles. The largest absolute Gasteiger partial charge is 0.454 e. The van der Waals surface area contributed by atoms with Crippen molar-refractivity contribution in [2.45, 2.75) is 0 Å². The third-order valence-electron chi connectivity index (χ3n) is 7.44. The molecule has 37 heavy (non-hydrogen) atoms. The lowest BCUT2D eigenvalue weighted by molar-refractivity contribution is 0.671. The van der Waals surface area contributed by atoms with Gasteiger partial charge in [-0.05, 0) is 64.4 Å². The Morgan fingerprint density at radius 2 is 1.19 bits per heavy atom. The zero-order valence-corrected chi connectivity index (χ0v) is 21.4. The Morgan fingerprint density at radius 3 is 1.97 bits per heavy atom. The van der Waals surface area contributed by atoms with Crippen molar-refractivity contribution in [2.24, 2.45) is 0 Å². The van der Waals surface area contributed by atoms with Crippen LogP contribution in [0.1, 0.15) is 0 Å². The predicted molar refractivity (Wildman–Crippen MR) is 159 cm³/mol. The highest BCUT2D eigenvalue weighted by Crippen LogP contribution is 2.46. The van der Waals surface area contributed by atoms with Gasteiger partial charge in [0.25, 0.3) is 0 Å². The Hall–Kier alpha value is -4.34. The van der Waals surface area contributed by atoms with E-state index in [-0.39, 0.29) is 0 Å². The van der Waals surface area contributed by atoms with Crippen molar-refractivity contribution in [3.8, 4) is 16.8 Å². The number of nitrogens with zero attached hydrogens (tertiary/aromatic N) is 1. The molecule has 6 aromatic carbocycles. The highest BCUT2D eigenvalue weighted by atomic mass is 79.9. The molecule has 0 amide bonds. The van der Waals surface area contributed by atoms with Gasteiger partial charge in [0, 0.05) is 31.7 Å². The average molecular weight is 538 g/mol. The van der Waals surface area contributed by atoms with Crippen LogP contribution in [0.15, 0.2) is 130 Å². The zero-order valence-electron chi connectivity index (χ0n) is 19.8. The second-order valence-corrected chi connectivity index (χ2v) is 10.4. The fraction of sp³-hybridized carbons (Fsp3) is 0. The molecule has 2 nitrogen and oxygen atoms in total. The second-order valence-electron chi connectivity index (χ2n) is 9.48. The molecule has 0 saturated carbocycles. The molecule has 0 bridgehead atoms. The van der Waals surface area contributed by atoms with Gasteiger partial charge in [0.1, 0.15) is 5.58 Å². The molecule has 8 rings (SSSR count). The maximum Gasteiger partial charge on any atom is 0.160 e. The van der Waals surface area contributed by atoms with E-state index in [4.69, 9.17) is 4.42 Å². The molecule has 0 fully saturated rings. The Morgan fingerprint density at radius 1 is 0.541 bits per heavy atom. The van der Waals surface area contributed by atoms with Crippen LogP contribution in [0.3, 0.4) is 0 Å². The lowest BCUT2D eigenvalue weighted by atomic mass is 9.97. The Balaban J connectivity index is 1.60. The number of hydrogen-bond donors (Lipinski definition) is 0. The van der Waals surface area contributed by atoms with Crippen molar-refractivity contribution >= 4 is 70.4 Å². The van der Waals surface area contributed by atoms with Crippen LogP contribution in [0, 0.1) is 0 Å². The minimum Gasteiger partial charge on any atom is -0.454 e. The summed E-state index contributed by atoms with van der Waals surface area (Å²) < 4.78 is 10.2. The molecule has 0 aliphatic heterocycles. The van der Waals surface area contributed by atoms with Crippen LogP contribution in [0.5, 0.6) is 0 Å². The molecule has 0 unspecified atom stereocenters. The molecule has 2 heterocycles. The van der Waals surface area contributed by atoms with Gasteiger partial charge >= 0.3 is 0 Å². The number of furan rings is 1. The standard InChI is InChI=1S/C34H20BrNO/c35-23-17-14-21(15-18-23)22-16-19-30-28(20-22)32-26-11-5-4-10-25(26)31-27-12-6-7-13-29(27)36(33(31)34(32)37-30)24-8-2-1-3-9-24/h1-20H. The monoisotopic (exact) mass is 537 g/mol. The molecule has 8 aromatic rings. The van der Waals surface area contributed by atoms with Crippen molar-refractivity contribution in [1.29, 1.82) is 0 Å². The summed E-state index contributed by atoms with van der Waals surface area (Å²) in [7, 11) is 0. The summed E-state index contributed by atoms with van der Waals surface area (Å²) in [6.07, 6.45) is 0. The summed E-state index contributed by atoms with van der Waals surface area (Å²) in [4.78, 5) is 0. The average Bonchev–Trinajstić information content (AvgIpc) is 3.50. The quantitative estimate of drug-likeness (QED) is 0.214. The Kier molecular flexibility index (Phi) is 4.40. The van der Waals surface area contributed by atoms with Crippen molar-refractivity contribution in [2.75, 3.05) is 0 Å². The first kappa shape index (κ1) is 20.8. The minimum absolute atomic E-state index is 0.901. The van der Waals surface area contributed by atoms with Crippen molar-refractivity contribution in [3.63, 3.8) is 0 Å². The maximum atomic E-state index is 6.75. The number of rotatable bonds is 2. The SMILES string of the molecule is Brc1ccc(-c2ccc3oc4c(c3c2)c2ccccc2c2c3ccccc3n(-c3ccccc3)c42)cc1. The van der Waals surface area contributed by atoms with E-state index in [1.807, 2.05) is 0 Å². The smallest absolute Gasteiger partial charge is 0.160 e. The Labute approximate surface area is 221 Å². The van der Waals surface area contributed by atoms with E-state index >= 15 is 0 Å². The van der Waals surface area contributed by atoms with E-state index in [1.165, 1.54) is 38.2 Å². The highest BCUT2D eigenvalue weighted by molar-refractivity contribution is 9.10. The fourth-order valence-corrected chi connectivity index (χ4v) is 6.11. The van der Waals surface area contributed by atoms with E-state index in [9.17, 15) is 0 Å². The minimum atomic E-state index is 0.901. The van der Waals surface area contributed by atoms with Crippen LogP contribution in [0.2, 0.25) is 0 Å². The molecule has 3 heteroatoms. The number of hydrogen-bond acceptors (Lipinski definition) is 1. The number of halogens is 1. The normalized spacial score (nSPS) is 11.9. The number of benzene rings is 6. The van der Waals surface area contributed by atoms with Gasteiger partial charge in [-0.15, -0.1) is 0 Å². The summed E-state index contributed by atoms with van der Waals surface area (Å²) in [5.74, 6) is 0. The molecular weight excluding hydrogens is 518 g/mol. The van der Waals surface area contributed by atoms with E-state index in [2.05, 4.69) is 142 Å². The number of para-hydroxylation sites is 2. The van der Waals surface area contributed by atoms with Gasteiger partial charge in [-0.25, -0.2) is 0 Å². The zero-order chi connectivity index (χ0) is 24.5. The van der Waals surface area contributed by atoms with Crippen molar-refractivity contribution in [1.82, 2.24) is 4.57 Å². The maximum absolute atomic E-state index is 6.75. The van der Waals surface area contributed by atoms with Crippen LogP contribution in [0.4, 0.5) is 0 Å². The third-order valence-corrected chi connectivity index (χ3v) is 7.96. The lowest BCUT2D eigenvalue weighted by Gasteiger charge is -2.09. The first-order chi connectivity index (χ1) is 18.3. The van der Waals surface area contributed by atoms with E-state index in [0.29, 0.717) is 0 Å². The fourth-order valence-electron chi connectivity index (χ4n) is 5.85. The van der Waals surface area contributed by atoms with Crippen LogP contribution >= 0.6 is 15.9 Å². The molecular formula is C34H20BrNO. The topological polar surface area (TPSA) is 18.1 Å². The van der Waals surface area contributed by atoms with Gasteiger partial charge in [0.2, 0.25) is 0 Å². The summed E-state index contributed by atoms with van der Waals surface area (Å²) in [5.41, 5.74) is 7.61. The lowest BCUT2D eigenvalue weighted by Crippen LogP contribution is -1.93. The van der Waals surface area contributed by atoms with Gasteiger partial charge in [-0.2, -0.15) is 0 Å². The van der Waals surface area contributed by atoms with Gasteiger partial charge in [0.15, 0.2) is 5.58 Å². The molecule has 0 N–H and O–H groups in total. The van der Waals surface area contributed by atoms with Crippen molar-refractivity contribution < 1.29 is 4.42 Å². The summed E-state index contributed by atoms with van der Waals surface area (Å²) in [6.45, 7) is 0. The summed E-state index contributed by atoms with van der Waals surface area (Å²) in [6, 6.07) is 43.0. The van der Waals surface area contributed by atoms with Crippen LogP contribution in [0.25, 0.3) is 71.3 Å². The summed E-state index contributed by atoms with van der Waals surface area (Å²) in [5, 5.41) is 7.22. The van der Waals surface area contributed by atoms with E-state index in [1.54, 1.807) is 0 Å². The second kappa shape index (κ2) is 7.83. The first-order valence-corrected chi connectivity index (χ1v) is 13.2. The van der Waals surface area contributed by atoms with Gasteiger partial charge < -0.3 is 8.98 Å². The van der Waals surface area contributed by atoms with E-state index in [0.717, 1.165) is 37.6 Å². The number of fused-ring (bicyclic) bond motifs is 10. The molecule has 174 valence electrons. The highest BCUT2D eigenvalue weighted by Gasteiger charge is 2.22. The third kappa shape index (κ3) is 2.98. The first-order valence-electron chi connectivity index (χ1n) is 12.4. The van der Waals surface area contributed by atoms with Gasteiger partial charge in [-0.1, -0.05) is 94.8 Å². The molecule has 0 aliphatic rings. The molecule has 0 atom stereocenters. The van der Waals surface area contributed by atoms with Crippen LogP contribution in [-0.2, 0) is 0 Å². The van der Waals surface area contributed by atoms with Crippen LogP contribution in [-0.4, -0.2) is 4.57 Å². The Bertz CT molecular complexity index is 2130. The van der Waals surface area contributed by atoms with Gasteiger partial charge in [-0.3, -0.25) is 0 Å². The summed E-state index contributed by atoms with van der Waals surface area (Å²) >= 11 is 3.56. The predicted octanol–water partition coefficient (Wildman–Crippen LogP) is 10.3.